The summed E-state index contributed by atoms with van der Waals surface area (Å²) in [5.74, 6) is -0.554. The van der Waals surface area contributed by atoms with Gasteiger partial charge in [0.1, 0.15) is 0 Å². The molecule has 0 amide bonds. The van der Waals surface area contributed by atoms with Crippen molar-refractivity contribution in [3.8, 4) is 0 Å². The van der Waals surface area contributed by atoms with Gasteiger partial charge in [-0.2, -0.15) is 0 Å². The molecule has 27 heavy (non-hydrogen) atoms. The SMILES string of the molecule is COC(=O)C1(O)CNC1.OC1CN(C(c2ccccc2)c2ccccc2)C1. The molecule has 0 spiro atoms. The summed E-state index contributed by atoms with van der Waals surface area (Å²) in [6, 6.07) is 21.2. The molecule has 2 aliphatic rings. The lowest BCUT2D eigenvalue weighted by Gasteiger charge is -2.42. The minimum atomic E-state index is -1.24. The summed E-state index contributed by atoms with van der Waals surface area (Å²) < 4.78 is 4.33. The zero-order valence-corrected chi connectivity index (χ0v) is 15.4. The van der Waals surface area contributed by atoms with Gasteiger partial charge in [0.2, 0.25) is 0 Å². The Labute approximate surface area is 159 Å². The molecule has 2 aliphatic heterocycles. The number of carbonyl (C=O) groups excluding carboxylic acids is 1. The molecule has 0 saturated carbocycles. The maximum atomic E-state index is 10.6. The van der Waals surface area contributed by atoms with Crippen molar-refractivity contribution >= 4 is 5.97 Å². The summed E-state index contributed by atoms with van der Waals surface area (Å²) in [7, 11) is 1.26. The van der Waals surface area contributed by atoms with Crippen molar-refractivity contribution in [3.05, 3.63) is 71.8 Å². The lowest BCUT2D eigenvalue weighted by atomic mass is 9.94. The van der Waals surface area contributed by atoms with E-state index in [1.807, 2.05) is 12.1 Å². The van der Waals surface area contributed by atoms with Gasteiger partial charge in [-0.3, -0.25) is 4.90 Å². The largest absolute Gasteiger partial charge is 0.467 e. The molecule has 3 N–H and O–H groups in total. The van der Waals surface area contributed by atoms with Crippen LogP contribution in [0.5, 0.6) is 0 Å². The second-order valence-electron chi connectivity index (χ2n) is 6.96. The van der Waals surface area contributed by atoms with Gasteiger partial charge in [0, 0.05) is 26.2 Å². The number of likely N-dealkylation sites (tertiary alicyclic amines) is 1. The molecule has 0 radical (unpaired) electrons. The molecular formula is C21H26N2O4. The molecular weight excluding hydrogens is 344 g/mol. The summed E-state index contributed by atoms with van der Waals surface area (Å²) in [5.41, 5.74) is 1.33. The van der Waals surface area contributed by atoms with Gasteiger partial charge >= 0.3 is 5.97 Å². The van der Waals surface area contributed by atoms with Crippen molar-refractivity contribution in [2.45, 2.75) is 17.7 Å². The van der Waals surface area contributed by atoms with E-state index in [0.717, 1.165) is 13.1 Å². The van der Waals surface area contributed by atoms with Gasteiger partial charge in [-0.05, 0) is 11.1 Å². The number of hydrogen-bond acceptors (Lipinski definition) is 6. The smallest absolute Gasteiger partial charge is 0.340 e. The lowest BCUT2D eigenvalue weighted by molar-refractivity contribution is -0.167. The molecule has 144 valence electrons. The minimum Gasteiger partial charge on any atom is -0.467 e. The first-order valence-electron chi connectivity index (χ1n) is 9.07. The summed E-state index contributed by atoms with van der Waals surface area (Å²) in [6.07, 6.45) is -0.167. The van der Waals surface area contributed by atoms with Gasteiger partial charge < -0.3 is 20.3 Å². The summed E-state index contributed by atoms with van der Waals surface area (Å²) in [6.45, 7) is 2.13. The van der Waals surface area contributed by atoms with Crippen molar-refractivity contribution in [3.63, 3.8) is 0 Å². The van der Waals surface area contributed by atoms with E-state index in [-0.39, 0.29) is 12.1 Å². The maximum Gasteiger partial charge on any atom is 0.340 e. The molecule has 2 aromatic carbocycles. The molecule has 0 atom stereocenters. The number of methoxy groups -OCH3 is 1. The quantitative estimate of drug-likeness (QED) is 0.695. The Hall–Kier alpha value is -2.25. The van der Waals surface area contributed by atoms with Crippen molar-refractivity contribution in [1.29, 1.82) is 0 Å². The number of β-amino-alcohol motifs (C(OH)–C–C–N with tert-alkyl or cyclic N) is 2. The van der Waals surface area contributed by atoms with Crippen molar-refractivity contribution in [2.24, 2.45) is 0 Å². The first kappa shape index (κ1) is 19.5. The van der Waals surface area contributed by atoms with Crippen molar-refractivity contribution in [1.82, 2.24) is 10.2 Å². The Morgan fingerprint density at radius 3 is 1.85 bits per heavy atom. The van der Waals surface area contributed by atoms with E-state index in [2.05, 4.69) is 63.5 Å². The molecule has 6 heteroatoms. The molecule has 4 rings (SSSR count). The van der Waals surface area contributed by atoms with Crippen LogP contribution in [0.25, 0.3) is 0 Å². The highest BCUT2D eigenvalue weighted by Gasteiger charge is 2.43. The number of ether oxygens (including phenoxy) is 1. The van der Waals surface area contributed by atoms with Crippen LogP contribution in [0.1, 0.15) is 17.2 Å². The zero-order chi connectivity index (χ0) is 19.3. The standard InChI is InChI=1S/C16H17NO.C5H9NO3/c18-15-11-17(12-15)16(13-7-3-1-4-8-13)14-9-5-2-6-10-14;1-9-4(7)5(8)2-6-3-5/h1-10,15-16,18H,11-12H2;6,8H,2-3H2,1H3. The first-order valence-corrected chi connectivity index (χ1v) is 9.07. The van der Waals surface area contributed by atoms with Crippen LogP contribution in [0.15, 0.2) is 60.7 Å². The predicted octanol–water partition coefficient (Wildman–Crippen LogP) is 0.946. The zero-order valence-electron chi connectivity index (χ0n) is 15.4. The number of esters is 1. The molecule has 2 saturated heterocycles. The molecule has 0 aromatic heterocycles. The van der Waals surface area contributed by atoms with E-state index in [9.17, 15) is 9.90 Å². The van der Waals surface area contributed by atoms with Crippen LogP contribution in [0, 0.1) is 0 Å². The highest BCUT2D eigenvalue weighted by molar-refractivity contribution is 5.81. The third-order valence-electron chi connectivity index (χ3n) is 4.89. The Balaban J connectivity index is 0.000000197. The predicted molar refractivity (Wildman–Crippen MR) is 102 cm³/mol. The van der Waals surface area contributed by atoms with Gasteiger partial charge in [-0.25, -0.2) is 4.79 Å². The van der Waals surface area contributed by atoms with Crippen LogP contribution in [0.3, 0.4) is 0 Å². The number of hydrogen-bond donors (Lipinski definition) is 3. The monoisotopic (exact) mass is 370 g/mol. The number of benzene rings is 2. The Morgan fingerprint density at radius 1 is 1.07 bits per heavy atom. The molecule has 0 aliphatic carbocycles. The number of rotatable bonds is 4. The Morgan fingerprint density at radius 2 is 1.56 bits per heavy atom. The second-order valence-corrected chi connectivity index (χ2v) is 6.96. The molecule has 0 bridgehead atoms. The molecule has 6 nitrogen and oxygen atoms in total. The van der Waals surface area contributed by atoms with Crippen LogP contribution >= 0.6 is 0 Å². The Bertz CT molecular complexity index is 689. The summed E-state index contributed by atoms with van der Waals surface area (Å²) >= 11 is 0. The van der Waals surface area contributed by atoms with Crippen molar-refractivity contribution < 1.29 is 19.7 Å². The number of aliphatic hydroxyl groups is 2. The number of carbonyl (C=O) groups is 1. The summed E-state index contributed by atoms with van der Waals surface area (Å²) in [4.78, 5) is 12.9. The molecule has 2 fully saturated rings. The van der Waals surface area contributed by atoms with Gasteiger partial charge in [-0.15, -0.1) is 0 Å². The fraction of sp³-hybridized carbons (Fsp3) is 0.381. The highest BCUT2D eigenvalue weighted by atomic mass is 16.5. The third kappa shape index (κ3) is 4.54. The van der Waals surface area contributed by atoms with E-state index in [1.165, 1.54) is 18.2 Å². The van der Waals surface area contributed by atoms with Crippen LogP contribution in [-0.4, -0.2) is 66.1 Å². The van der Waals surface area contributed by atoms with Crippen LogP contribution in [-0.2, 0) is 9.53 Å². The van der Waals surface area contributed by atoms with Gasteiger partial charge in [-0.1, -0.05) is 60.7 Å². The first-order chi connectivity index (χ1) is 13.0. The van der Waals surface area contributed by atoms with E-state index in [0.29, 0.717) is 13.1 Å². The fourth-order valence-electron chi connectivity index (χ4n) is 3.28. The van der Waals surface area contributed by atoms with Crippen LogP contribution in [0.4, 0.5) is 0 Å². The van der Waals surface area contributed by atoms with Crippen LogP contribution < -0.4 is 5.32 Å². The number of nitrogens with one attached hydrogen (secondary N) is 1. The highest BCUT2D eigenvalue weighted by Crippen LogP contribution is 2.31. The molecule has 0 unspecified atom stereocenters. The average molecular weight is 370 g/mol. The van der Waals surface area contributed by atoms with Gasteiger partial charge in [0.05, 0.1) is 19.3 Å². The number of nitrogens with zero attached hydrogens (tertiary/aromatic N) is 1. The Kier molecular flexibility index (Phi) is 6.23. The second kappa shape index (κ2) is 8.63. The van der Waals surface area contributed by atoms with E-state index in [4.69, 9.17) is 5.11 Å². The minimum absolute atomic E-state index is 0.167. The van der Waals surface area contributed by atoms with Crippen LogP contribution in [0.2, 0.25) is 0 Å². The average Bonchev–Trinajstić information content (AvgIpc) is 2.66. The summed E-state index contributed by atoms with van der Waals surface area (Å²) in [5, 5.41) is 21.4. The van der Waals surface area contributed by atoms with E-state index < -0.39 is 11.6 Å². The third-order valence-corrected chi connectivity index (χ3v) is 4.89. The lowest BCUT2D eigenvalue weighted by Crippen LogP contribution is -2.64. The van der Waals surface area contributed by atoms with E-state index >= 15 is 0 Å². The van der Waals surface area contributed by atoms with E-state index in [1.54, 1.807) is 0 Å². The van der Waals surface area contributed by atoms with Gasteiger partial charge in [0.25, 0.3) is 0 Å². The van der Waals surface area contributed by atoms with Gasteiger partial charge in [0.15, 0.2) is 5.60 Å². The normalized spacial score (nSPS) is 18.7. The molecule has 2 aromatic rings. The van der Waals surface area contributed by atoms with Crippen molar-refractivity contribution in [2.75, 3.05) is 33.3 Å². The fourth-order valence-corrected chi connectivity index (χ4v) is 3.28. The topological polar surface area (TPSA) is 82.0 Å². The maximum absolute atomic E-state index is 10.6. The molecule has 2 heterocycles. The number of aliphatic hydroxyl groups excluding tert-OH is 1.